The highest BCUT2D eigenvalue weighted by molar-refractivity contribution is 7.21. The van der Waals surface area contributed by atoms with E-state index in [1.807, 2.05) is 0 Å². The molecule has 1 saturated heterocycles. The van der Waals surface area contributed by atoms with Gasteiger partial charge in [0.1, 0.15) is 15.4 Å². The number of thiophene rings is 1. The summed E-state index contributed by atoms with van der Waals surface area (Å²) in [7, 11) is 0. The molecule has 0 unspecified atom stereocenters. The quantitative estimate of drug-likeness (QED) is 0.714. The SMILES string of the molecule is Nc1c(C(=O)N2CCOCC2)sc2nc(-c3ccco3)cc(C(F)(F)F)c12. The average Bonchev–Trinajstić information content (AvgIpc) is 3.29. The van der Waals surface area contributed by atoms with Crippen molar-refractivity contribution in [2.24, 2.45) is 0 Å². The number of carbonyl (C=O) groups excluding carboxylic acids is 1. The molecule has 0 aliphatic carbocycles. The Morgan fingerprint density at radius 3 is 2.67 bits per heavy atom. The van der Waals surface area contributed by atoms with Crippen molar-refractivity contribution in [3.63, 3.8) is 0 Å². The number of anilines is 1. The molecule has 4 rings (SSSR count). The molecule has 1 fully saturated rings. The van der Waals surface area contributed by atoms with E-state index in [1.165, 1.54) is 17.2 Å². The zero-order chi connectivity index (χ0) is 19.2. The molecule has 0 spiro atoms. The number of carbonyl (C=O) groups is 1. The third kappa shape index (κ3) is 3.15. The van der Waals surface area contributed by atoms with Crippen LogP contribution < -0.4 is 5.73 Å². The maximum Gasteiger partial charge on any atom is 0.417 e. The molecule has 0 bridgehead atoms. The Morgan fingerprint density at radius 2 is 2.04 bits per heavy atom. The van der Waals surface area contributed by atoms with Crippen LogP contribution >= 0.6 is 11.3 Å². The molecule has 0 atom stereocenters. The van der Waals surface area contributed by atoms with Crippen LogP contribution in [0.3, 0.4) is 0 Å². The number of furan rings is 1. The maximum absolute atomic E-state index is 13.7. The molecule has 0 radical (unpaired) electrons. The second-order valence-electron chi connectivity index (χ2n) is 5.96. The topological polar surface area (TPSA) is 81.6 Å². The van der Waals surface area contributed by atoms with E-state index in [1.54, 1.807) is 6.07 Å². The van der Waals surface area contributed by atoms with Crippen LogP contribution in [0.25, 0.3) is 21.7 Å². The van der Waals surface area contributed by atoms with Gasteiger partial charge in [-0.05, 0) is 18.2 Å². The van der Waals surface area contributed by atoms with Gasteiger partial charge in [-0.1, -0.05) is 0 Å². The smallest absolute Gasteiger partial charge is 0.417 e. The number of fused-ring (bicyclic) bond motifs is 1. The summed E-state index contributed by atoms with van der Waals surface area (Å²) in [5, 5.41) is -0.251. The van der Waals surface area contributed by atoms with Crippen molar-refractivity contribution in [1.29, 1.82) is 0 Å². The molecule has 0 aromatic carbocycles. The average molecular weight is 397 g/mol. The van der Waals surface area contributed by atoms with E-state index in [0.717, 1.165) is 17.4 Å². The fourth-order valence-electron chi connectivity index (χ4n) is 2.96. The number of alkyl halides is 3. The summed E-state index contributed by atoms with van der Waals surface area (Å²) in [6, 6.07) is 3.98. The number of nitrogen functional groups attached to an aromatic ring is 1. The van der Waals surface area contributed by atoms with E-state index < -0.39 is 17.6 Å². The Labute approximate surface area is 155 Å². The zero-order valence-electron chi connectivity index (χ0n) is 13.9. The van der Waals surface area contributed by atoms with Gasteiger partial charge in [-0.25, -0.2) is 4.98 Å². The molecule has 1 aliphatic rings. The molecular weight excluding hydrogens is 383 g/mol. The van der Waals surface area contributed by atoms with Crippen LogP contribution in [-0.4, -0.2) is 42.1 Å². The third-order valence-electron chi connectivity index (χ3n) is 4.27. The lowest BCUT2D eigenvalue weighted by Gasteiger charge is -2.26. The first-order valence-electron chi connectivity index (χ1n) is 8.07. The Morgan fingerprint density at radius 1 is 1.30 bits per heavy atom. The van der Waals surface area contributed by atoms with Gasteiger partial charge in [-0.2, -0.15) is 13.2 Å². The molecule has 4 heterocycles. The third-order valence-corrected chi connectivity index (χ3v) is 5.36. The first kappa shape index (κ1) is 17.8. The summed E-state index contributed by atoms with van der Waals surface area (Å²) in [4.78, 5) is 18.6. The van der Waals surface area contributed by atoms with Gasteiger partial charge in [0.25, 0.3) is 5.91 Å². The van der Waals surface area contributed by atoms with Gasteiger partial charge < -0.3 is 19.8 Å². The lowest BCUT2D eigenvalue weighted by Crippen LogP contribution is -2.40. The second-order valence-corrected chi connectivity index (χ2v) is 6.96. The van der Waals surface area contributed by atoms with Crippen LogP contribution in [0.1, 0.15) is 15.2 Å². The van der Waals surface area contributed by atoms with Crippen LogP contribution in [0.5, 0.6) is 0 Å². The first-order chi connectivity index (χ1) is 12.9. The number of rotatable bonds is 2. The van der Waals surface area contributed by atoms with Gasteiger partial charge >= 0.3 is 6.18 Å². The summed E-state index contributed by atoms with van der Waals surface area (Å²) in [6.45, 7) is 1.49. The maximum atomic E-state index is 13.7. The normalized spacial score (nSPS) is 15.4. The van der Waals surface area contributed by atoms with Crippen LogP contribution in [0.4, 0.5) is 18.9 Å². The summed E-state index contributed by atoms with van der Waals surface area (Å²) >= 11 is 0.858. The molecule has 2 N–H and O–H groups in total. The number of ether oxygens (including phenoxy) is 1. The fourth-order valence-corrected chi connectivity index (χ4v) is 4.05. The number of hydrogen-bond acceptors (Lipinski definition) is 6. The van der Waals surface area contributed by atoms with Crippen molar-refractivity contribution in [1.82, 2.24) is 9.88 Å². The molecule has 0 saturated carbocycles. The minimum absolute atomic E-state index is 0.0337. The molecule has 10 heteroatoms. The molecule has 6 nitrogen and oxygen atoms in total. The van der Waals surface area contributed by atoms with Crippen LogP contribution in [0.15, 0.2) is 28.9 Å². The van der Waals surface area contributed by atoms with Crippen LogP contribution in [0.2, 0.25) is 0 Å². The van der Waals surface area contributed by atoms with Crippen LogP contribution in [-0.2, 0) is 10.9 Å². The minimum Gasteiger partial charge on any atom is -0.463 e. The Bertz CT molecular complexity index is 992. The van der Waals surface area contributed by atoms with E-state index in [9.17, 15) is 18.0 Å². The van der Waals surface area contributed by atoms with Gasteiger partial charge in [0, 0.05) is 18.5 Å². The second kappa shape index (κ2) is 6.54. The molecule has 27 heavy (non-hydrogen) atoms. The van der Waals surface area contributed by atoms with Crippen molar-refractivity contribution in [3.05, 3.63) is 34.9 Å². The Kier molecular flexibility index (Phi) is 4.31. The summed E-state index contributed by atoms with van der Waals surface area (Å²) in [5.41, 5.74) is 4.88. The summed E-state index contributed by atoms with van der Waals surface area (Å²) < 4.78 is 51.4. The number of morpholine rings is 1. The number of nitrogens with zero attached hydrogens (tertiary/aromatic N) is 2. The number of amides is 1. The zero-order valence-corrected chi connectivity index (χ0v) is 14.7. The molecule has 142 valence electrons. The lowest BCUT2D eigenvalue weighted by molar-refractivity contribution is -0.136. The van der Waals surface area contributed by atoms with Gasteiger partial charge in [-0.3, -0.25) is 4.79 Å². The van der Waals surface area contributed by atoms with Crippen molar-refractivity contribution in [2.45, 2.75) is 6.18 Å². The van der Waals surface area contributed by atoms with Crippen molar-refractivity contribution in [2.75, 3.05) is 32.0 Å². The highest BCUT2D eigenvalue weighted by Gasteiger charge is 2.37. The Hall–Kier alpha value is -2.59. The van der Waals surface area contributed by atoms with E-state index in [-0.39, 0.29) is 32.2 Å². The summed E-state index contributed by atoms with van der Waals surface area (Å²) in [5.74, 6) is -0.207. The summed E-state index contributed by atoms with van der Waals surface area (Å²) in [6.07, 6.45) is -3.30. The standard InChI is InChI=1S/C17H14F3N3O3S/c18-17(19,20)9-8-10(11-2-1-5-26-11)22-15-12(9)13(21)14(27-15)16(24)23-3-6-25-7-4-23/h1-2,5,8H,3-4,6-7,21H2. The largest absolute Gasteiger partial charge is 0.463 e. The predicted octanol–water partition coefficient (Wildman–Crippen LogP) is 3.63. The highest BCUT2D eigenvalue weighted by atomic mass is 32.1. The number of nitrogens with two attached hydrogens (primary N) is 1. The van der Waals surface area contributed by atoms with Crippen LogP contribution in [0, 0.1) is 0 Å². The van der Waals surface area contributed by atoms with Crippen molar-refractivity contribution >= 4 is 33.1 Å². The molecule has 3 aromatic heterocycles. The number of aromatic nitrogens is 1. The van der Waals surface area contributed by atoms with E-state index in [0.29, 0.717) is 26.3 Å². The van der Waals surface area contributed by atoms with Gasteiger partial charge in [0.05, 0.1) is 30.7 Å². The predicted molar refractivity (Wildman–Crippen MR) is 93.5 cm³/mol. The number of halogens is 3. The fraction of sp³-hybridized carbons (Fsp3) is 0.294. The first-order valence-corrected chi connectivity index (χ1v) is 8.89. The van der Waals surface area contributed by atoms with Crippen molar-refractivity contribution in [3.8, 4) is 11.5 Å². The molecule has 1 amide bonds. The highest BCUT2D eigenvalue weighted by Crippen LogP contribution is 2.43. The van der Waals surface area contributed by atoms with Gasteiger partial charge in [0.2, 0.25) is 0 Å². The number of hydrogen-bond donors (Lipinski definition) is 1. The van der Waals surface area contributed by atoms with Crippen molar-refractivity contribution < 1.29 is 27.1 Å². The van der Waals surface area contributed by atoms with E-state index in [2.05, 4.69) is 4.98 Å². The monoisotopic (exact) mass is 397 g/mol. The molecular formula is C17H14F3N3O3S. The lowest BCUT2D eigenvalue weighted by atomic mass is 10.1. The number of pyridine rings is 1. The van der Waals surface area contributed by atoms with Gasteiger partial charge in [0.15, 0.2) is 5.76 Å². The molecule has 3 aromatic rings. The van der Waals surface area contributed by atoms with Gasteiger partial charge in [-0.15, -0.1) is 11.3 Å². The van der Waals surface area contributed by atoms with E-state index >= 15 is 0 Å². The molecule has 1 aliphatic heterocycles. The Balaban J connectivity index is 1.88. The minimum atomic E-state index is -4.66. The van der Waals surface area contributed by atoms with E-state index in [4.69, 9.17) is 14.9 Å².